The van der Waals surface area contributed by atoms with E-state index in [1.54, 1.807) is 30.5 Å². The molecule has 1 aliphatic heterocycles. The first kappa shape index (κ1) is 23.7. The molecule has 0 spiro atoms. The topological polar surface area (TPSA) is 75.5 Å². The van der Waals surface area contributed by atoms with Crippen LogP contribution in [0.2, 0.25) is 0 Å². The number of aromatic nitrogens is 3. The molecular weight excluding hydrogens is 466 g/mol. The second-order valence-corrected chi connectivity index (χ2v) is 8.68. The third-order valence-corrected chi connectivity index (χ3v) is 6.23. The number of hydrogen-bond acceptors (Lipinski definition) is 7. The van der Waals surface area contributed by atoms with Crippen molar-refractivity contribution >= 4 is 28.4 Å². The second kappa shape index (κ2) is 10.3. The Kier molecular flexibility index (Phi) is 6.77. The molecular formula is C26H26F2N6O2. The molecule has 0 amide bonds. The molecule has 5 rings (SSSR count). The fraction of sp³-hybridized carbons (Fsp3) is 0.269. The Labute approximate surface area is 206 Å². The van der Waals surface area contributed by atoms with E-state index in [9.17, 15) is 13.6 Å². The van der Waals surface area contributed by atoms with E-state index in [-0.39, 0.29) is 17.9 Å². The van der Waals surface area contributed by atoms with Gasteiger partial charge in [0.25, 0.3) is 5.56 Å². The lowest BCUT2D eigenvalue weighted by Gasteiger charge is -2.34. The van der Waals surface area contributed by atoms with Crippen molar-refractivity contribution in [2.45, 2.75) is 13.2 Å². The number of nitrogens with one attached hydrogen (secondary N) is 1. The van der Waals surface area contributed by atoms with Crippen LogP contribution in [0.4, 0.5) is 26.1 Å². The van der Waals surface area contributed by atoms with Crippen LogP contribution in [0.15, 0.2) is 71.7 Å². The number of benzene rings is 2. The van der Waals surface area contributed by atoms with Crippen molar-refractivity contribution in [3.8, 4) is 5.75 Å². The zero-order valence-electron chi connectivity index (χ0n) is 19.8. The van der Waals surface area contributed by atoms with E-state index in [0.29, 0.717) is 22.5 Å². The highest BCUT2D eigenvalue weighted by Gasteiger charge is 2.15. The lowest BCUT2D eigenvalue weighted by atomic mass is 10.2. The summed E-state index contributed by atoms with van der Waals surface area (Å²) in [5.74, 6) is 0.343. The van der Waals surface area contributed by atoms with Crippen molar-refractivity contribution in [2.24, 2.45) is 0 Å². The summed E-state index contributed by atoms with van der Waals surface area (Å²) < 4.78 is 31.8. The predicted octanol–water partition coefficient (Wildman–Crippen LogP) is 3.94. The molecule has 36 heavy (non-hydrogen) atoms. The van der Waals surface area contributed by atoms with Gasteiger partial charge >= 0.3 is 6.61 Å². The Morgan fingerprint density at radius 2 is 1.75 bits per heavy atom. The van der Waals surface area contributed by atoms with Crippen LogP contribution in [0.5, 0.6) is 5.75 Å². The molecule has 0 bridgehead atoms. The van der Waals surface area contributed by atoms with Crippen molar-refractivity contribution in [3.05, 3.63) is 82.8 Å². The van der Waals surface area contributed by atoms with Crippen LogP contribution in [0.25, 0.3) is 11.0 Å². The molecule has 2 aromatic heterocycles. The molecule has 0 radical (unpaired) electrons. The quantitative estimate of drug-likeness (QED) is 0.419. The van der Waals surface area contributed by atoms with E-state index >= 15 is 0 Å². The molecule has 10 heteroatoms. The summed E-state index contributed by atoms with van der Waals surface area (Å²) in [7, 11) is 2.13. The van der Waals surface area contributed by atoms with Gasteiger partial charge in [-0.1, -0.05) is 18.2 Å². The third kappa shape index (κ3) is 5.28. The third-order valence-electron chi connectivity index (χ3n) is 6.23. The lowest BCUT2D eigenvalue weighted by molar-refractivity contribution is -0.0504. The summed E-state index contributed by atoms with van der Waals surface area (Å²) in [5.41, 5.74) is 2.50. The van der Waals surface area contributed by atoms with Gasteiger partial charge in [-0.3, -0.25) is 9.36 Å². The van der Waals surface area contributed by atoms with Crippen molar-refractivity contribution in [2.75, 3.05) is 43.4 Å². The lowest BCUT2D eigenvalue weighted by Crippen LogP contribution is -2.44. The van der Waals surface area contributed by atoms with Gasteiger partial charge in [0.15, 0.2) is 0 Å². The highest BCUT2D eigenvalue weighted by Crippen LogP contribution is 2.24. The predicted molar refractivity (Wildman–Crippen MR) is 135 cm³/mol. The van der Waals surface area contributed by atoms with Crippen LogP contribution >= 0.6 is 0 Å². The highest BCUT2D eigenvalue weighted by atomic mass is 19.3. The summed E-state index contributed by atoms with van der Waals surface area (Å²) in [5, 5.41) is 3.84. The molecule has 0 saturated carbocycles. The molecule has 1 N–H and O–H groups in total. The van der Waals surface area contributed by atoms with Crippen molar-refractivity contribution in [3.63, 3.8) is 0 Å². The van der Waals surface area contributed by atoms with Gasteiger partial charge < -0.3 is 19.9 Å². The zero-order chi connectivity index (χ0) is 25.1. The first-order chi connectivity index (χ1) is 17.5. The first-order valence-electron chi connectivity index (χ1n) is 11.7. The number of rotatable bonds is 7. The molecule has 0 atom stereocenters. The number of nitrogens with zero attached hydrogens (tertiary/aromatic N) is 5. The van der Waals surface area contributed by atoms with Crippen LogP contribution < -0.4 is 20.5 Å². The van der Waals surface area contributed by atoms with Gasteiger partial charge in [-0.2, -0.15) is 13.8 Å². The smallest absolute Gasteiger partial charge is 0.387 e. The van der Waals surface area contributed by atoms with E-state index < -0.39 is 6.61 Å². The number of alkyl halides is 2. The summed E-state index contributed by atoms with van der Waals surface area (Å²) in [6.07, 6.45) is 1.63. The molecule has 3 heterocycles. The van der Waals surface area contributed by atoms with Crippen molar-refractivity contribution in [1.82, 2.24) is 19.4 Å². The largest absolute Gasteiger partial charge is 0.434 e. The molecule has 1 aliphatic rings. The Hall–Kier alpha value is -4.05. The average Bonchev–Trinajstić information content (AvgIpc) is 2.87. The normalized spacial score (nSPS) is 14.4. The van der Waals surface area contributed by atoms with Gasteiger partial charge in [0.05, 0.1) is 6.54 Å². The van der Waals surface area contributed by atoms with Crippen LogP contribution in [-0.2, 0) is 6.54 Å². The standard InChI is InChI=1S/C26H26F2N6O2/c1-32-12-14-33(15-13-32)21-9-7-20(8-10-21)30-26-29-16-18-6-11-23(35)34(24(18)31-26)17-19-4-2-3-5-22(19)36-25(27)28/h2-11,16,25H,12-15,17H2,1H3,(H,29,30,31). The number of para-hydroxylation sites is 1. The monoisotopic (exact) mass is 492 g/mol. The van der Waals surface area contributed by atoms with E-state index in [1.165, 1.54) is 16.7 Å². The number of hydrogen-bond donors (Lipinski definition) is 1. The molecule has 1 saturated heterocycles. The fourth-order valence-electron chi connectivity index (χ4n) is 4.25. The molecule has 186 valence electrons. The van der Waals surface area contributed by atoms with Gasteiger partial charge in [-0.25, -0.2) is 4.98 Å². The fourth-order valence-corrected chi connectivity index (χ4v) is 4.25. The van der Waals surface area contributed by atoms with Crippen molar-refractivity contribution < 1.29 is 13.5 Å². The van der Waals surface area contributed by atoms with Crippen LogP contribution in [0, 0.1) is 0 Å². The van der Waals surface area contributed by atoms with Gasteiger partial charge in [-0.15, -0.1) is 0 Å². The maximum absolute atomic E-state index is 12.9. The Balaban J connectivity index is 1.40. The minimum Gasteiger partial charge on any atom is -0.434 e. The van der Waals surface area contributed by atoms with Gasteiger partial charge in [0.1, 0.15) is 11.4 Å². The van der Waals surface area contributed by atoms with E-state index in [1.807, 2.05) is 12.1 Å². The first-order valence-corrected chi connectivity index (χ1v) is 11.7. The maximum atomic E-state index is 12.9. The summed E-state index contributed by atoms with van der Waals surface area (Å²) >= 11 is 0. The van der Waals surface area contributed by atoms with Gasteiger partial charge in [-0.05, 0) is 43.4 Å². The van der Waals surface area contributed by atoms with Gasteiger partial charge in [0, 0.05) is 60.8 Å². The number of pyridine rings is 1. The minimum absolute atomic E-state index is 0.0178. The zero-order valence-corrected chi connectivity index (χ0v) is 19.8. The Morgan fingerprint density at radius 3 is 2.50 bits per heavy atom. The Bertz CT molecular complexity index is 1400. The van der Waals surface area contributed by atoms with Crippen LogP contribution in [-0.4, -0.2) is 59.3 Å². The number of halogens is 2. The maximum Gasteiger partial charge on any atom is 0.387 e. The number of ether oxygens (including phenoxy) is 1. The van der Waals surface area contributed by atoms with E-state index in [0.717, 1.165) is 37.6 Å². The molecule has 2 aromatic carbocycles. The van der Waals surface area contributed by atoms with Crippen LogP contribution in [0.3, 0.4) is 0 Å². The highest BCUT2D eigenvalue weighted by molar-refractivity contribution is 5.76. The van der Waals surface area contributed by atoms with Crippen molar-refractivity contribution in [1.29, 1.82) is 0 Å². The van der Waals surface area contributed by atoms with Crippen LogP contribution in [0.1, 0.15) is 5.56 Å². The van der Waals surface area contributed by atoms with Gasteiger partial charge in [0.2, 0.25) is 5.95 Å². The Morgan fingerprint density at radius 1 is 1.00 bits per heavy atom. The van der Waals surface area contributed by atoms with E-state index in [4.69, 9.17) is 0 Å². The average molecular weight is 493 g/mol. The van der Waals surface area contributed by atoms with E-state index in [2.05, 4.69) is 49.0 Å². The summed E-state index contributed by atoms with van der Waals surface area (Å²) in [6.45, 7) is 1.10. The second-order valence-electron chi connectivity index (χ2n) is 8.68. The molecule has 4 aromatic rings. The summed E-state index contributed by atoms with van der Waals surface area (Å²) in [6, 6.07) is 17.5. The molecule has 0 aliphatic carbocycles. The minimum atomic E-state index is -2.96. The number of piperazine rings is 1. The number of anilines is 3. The molecule has 8 nitrogen and oxygen atoms in total. The molecule has 0 unspecified atom stereocenters. The number of likely N-dealkylation sites (N-methyl/N-ethyl adjacent to an activating group) is 1. The SMILES string of the molecule is CN1CCN(c2ccc(Nc3ncc4ccc(=O)n(Cc5ccccc5OC(F)F)c4n3)cc2)CC1. The molecule has 1 fully saturated rings. The summed E-state index contributed by atoms with van der Waals surface area (Å²) in [4.78, 5) is 26.4. The number of fused-ring (bicyclic) bond motifs is 1.